The Kier molecular flexibility index (Phi) is 7.25. The third-order valence-corrected chi connectivity index (χ3v) is 6.92. The number of halogens is 2. The fourth-order valence-electron chi connectivity index (χ4n) is 3.39. The number of anilines is 2. The summed E-state index contributed by atoms with van der Waals surface area (Å²) in [5.74, 6) is 0.361. The van der Waals surface area contributed by atoms with E-state index in [1.54, 1.807) is 25.1 Å². The Morgan fingerprint density at radius 1 is 1.28 bits per heavy atom. The van der Waals surface area contributed by atoms with E-state index in [1.165, 1.54) is 24.3 Å². The van der Waals surface area contributed by atoms with Crippen LogP contribution in [-0.2, 0) is 10.8 Å². The molecular weight excluding hydrogens is 440 g/mol. The Bertz CT molecular complexity index is 1040. The summed E-state index contributed by atoms with van der Waals surface area (Å²) in [5, 5.41) is 24.5. The number of hydrogen-bond acceptors (Lipinski definition) is 6. The van der Waals surface area contributed by atoms with Crippen molar-refractivity contribution in [3.63, 3.8) is 0 Å². The van der Waals surface area contributed by atoms with Crippen molar-refractivity contribution in [1.29, 1.82) is 5.41 Å². The Hall–Kier alpha value is -2.85. The van der Waals surface area contributed by atoms with Crippen LogP contribution >= 0.6 is 0 Å². The Balaban J connectivity index is 1.89. The molecule has 1 heterocycles. The number of nitrogens with one attached hydrogen (secondary N) is 3. The molecular formula is C22H25F2N3O4S. The smallest absolute Gasteiger partial charge is 0.387 e. The standard InChI is InChI=1S/C22H25F2N3O4S/c1-3-18(28)19(25)16-9-13(20(29)27-22(2)11-32(30)12-22)7-8-17(16)26-14-5-4-6-15(10-14)31-21(23)24/h4-10,18,21,25-26,28H,3,11-12H2,1-2H3,(H,27,29). The number of alkyl halides is 2. The van der Waals surface area contributed by atoms with Crippen molar-refractivity contribution >= 4 is 33.8 Å². The molecule has 4 N–H and O–H groups in total. The van der Waals surface area contributed by atoms with E-state index in [4.69, 9.17) is 5.41 Å². The first-order chi connectivity index (χ1) is 15.1. The highest BCUT2D eigenvalue weighted by Gasteiger charge is 2.39. The number of aliphatic hydroxyl groups is 1. The summed E-state index contributed by atoms with van der Waals surface area (Å²) in [4.78, 5) is 12.7. The number of rotatable bonds is 9. The molecule has 1 fully saturated rings. The van der Waals surface area contributed by atoms with Crippen LogP contribution < -0.4 is 15.4 Å². The zero-order valence-corrected chi connectivity index (χ0v) is 18.5. The number of hydrogen-bond donors (Lipinski definition) is 4. The third kappa shape index (κ3) is 5.68. The largest absolute Gasteiger partial charge is 0.435 e. The van der Waals surface area contributed by atoms with Crippen LogP contribution in [0.5, 0.6) is 5.75 Å². The van der Waals surface area contributed by atoms with E-state index in [1.807, 2.05) is 6.92 Å². The van der Waals surface area contributed by atoms with Crippen molar-refractivity contribution in [1.82, 2.24) is 5.32 Å². The minimum absolute atomic E-state index is 0.0302. The second kappa shape index (κ2) is 9.74. The summed E-state index contributed by atoms with van der Waals surface area (Å²) in [6.45, 7) is 0.591. The molecule has 0 spiro atoms. The number of carbonyl (C=O) groups excluding carboxylic acids is 1. The molecule has 32 heavy (non-hydrogen) atoms. The summed E-state index contributed by atoms with van der Waals surface area (Å²) in [5.41, 5.74) is 0.817. The minimum Gasteiger partial charge on any atom is -0.435 e. The van der Waals surface area contributed by atoms with Gasteiger partial charge in [0.25, 0.3) is 5.91 Å². The monoisotopic (exact) mass is 465 g/mol. The van der Waals surface area contributed by atoms with Crippen LogP contribution in [0.3, 0.4) is 0 Å². The Morgan fingerprint density at radius 3 is 2.62 bits per heavy atom. The molecule has 0 radical (unpaired) electrons. The Labute approximate surface area is 187 Å². The SMILES string of the molecule is CCC(O)C(=N)c1cc(C(=O)NC2(C)CS(=O)C2)ccc1Nc1cccc(OC(F)F)c1. The van der Waals surface area contributed by atoms with Gasteiger partial charge < -0.3 is 25.9 Å². The lowest BCUT2D eigenvalue weighted by Gasteiger charge is -2.38. The van der Waals surface area contributed by atoms with Crippen molar-refractivity contribution in [3.05, 3.63) is 53.6 Å². The Morgan fingerprint density at radius 2 is 2.00 bits per heavy atom. The molecule has 2 aromatic carbocycles. The van der Waals surface area contributed by atoms with Gasteiger partial charge in [0, 0.05) is 50.9 Å². The second-order valence-electron chi connectivity index (χ2n) is 7.87. The quantitative estimate of drug-likeness (QED) is 0.424. The maximum absolute atomic E-state index is 12.7. The van der Waals surface area contributed by atoms with Gasteiger partial charge in [-0.05, 0) is 43.7 Å². The van der Waals surface area contributed by atoms with Gasteiger partial charge in [-0.1, -0.05) is 13.0 Å². The van der Waals surface area contributed by atoms with Gasteiger partial charge in [-0.15, -0.1) is 0 Å². The maximum atomic E-state index is 12.7. The van der Waals surface area contributed by atoms with Crippen molar-refractivity contribution in [2.75, 3.05) is 16.8 Å². The molecule has 2 aromatic rings. The zero-order chi connectivity index (χ0) is 23.5. The van der Waals surface area contributed by atoms with Crippen molar-refractivity contribution in [2.45, 2.75) is 38.5 Å². The highest BCUT2D eigenvalue weighted by atomic mass is 32.2. The molecule has 1 aliphatic heterocycles. The number of ether oxygens (including phenoxy) is 1. The van der Waals surface area contributed by atoms with Gasteiger partial charge in [-0.3, -0.25) is 9.00 Å². The summed E-state index contributed by atoms with van der Waals surface area (Å²) in [6.07, 6.45) is -0.745. The average Bonchev–Trinajstić information content (AvgIpc) is 2.71. The van der Waals surface area contributed by atoms with Gasteiger partial charge in [0.15, 0.2) is 0 Å². The zero-order valence-electron chi connectivity index (χ0n) is 17.7. The molecule has 1 atom stereocenters. The molecule has 0 saturated carbocycles. The highest BCUT2D eigenvalue weighted by Crippen LogP contribution is 2.28. The van der Waals surface area contributed by atoms with Crippen LogP contribution in [0.1, 0.15) is 36.2 Å². The van der Waals surface area contributed by atoms with Crippen molar-refractivity contribution < 1.29 is 27.6 Å². The fraction of sp³-hybridized carbons (Fsp3) is 0.364. The molecule has 0 aromatic heterocycles. The van der Waals surface area contributed by atoms with Crippen LogP contribution in [0.4, 0.5) is 20.2 Å². The lowest BCUT2D eigenvalue weighted by molar-refractivity contribution is -0.0498. The normalized spacial score (nSPS) is 20.9. The summed E-state index contributed by atoms with van der Waals surface area (Å²) >= 11 is 0. The molecule has 1 amide bonds. The van der Waals surface area contributed by atoms with Gasteiger partial charge in [-0.25, -0.2) is 0 Å². The number of carbonyl (C=O) groups is 1. The average molecular weight is 466 g/mol. The molecule has 0 aliphatic carbocycles. The summed E-state index contributed by atoms with van der Waals surface area (Å²) in [6, 6.07) is 10.6. The maximum Gasteiger partial charge on any atom is 0.387 e. The molecule has 1 unspecified atom stereocenters. The summed E-state index contributed by atoms with van der Waals surface area (Å²) in [7, 11) is -0.935. The molecule has 7 nitrogen and oxygen atoms in total. The molecule has 3 rings (SSSR count). The first kappa shape index (κ1) is 23.8. The predicted molar refractivity (Wildman–Crippen MR) is 120 cm³/mol. The lowest BCUT2D eigenvalue weighted by Crippen LogP contribution is -2.61. The van der Waals surface area contributed by atoms with Crippen LogP contribution in [0.25, 0.3) is 0 Å². The molecule has 0 bridgehead atoms. The highest BCUT2D eigenvalue weighted by molar-refractivity contribution is 7.86. The van der Waals surface area contributed by atoms with E-state index >= 15 is 0 Å². The van der Waals surface area contributed by atoms with Gasteiger partial charge in [-0.2, -0.15) is 8.78 Å². The first-order valence-corrected chi connectivity index (χ1v) is 11.5. The first-order valence-electron chi connectivity index (χ1n) is 10.0. The van der Waals surface area contributed by atoms with Crippen LogP contribution in [0, 0.1) is 5.41 Å². The van der Waals surface area contributed by atoms with Crippen LogP contribution in [0.15, 0.2) is 42.5 Å². The van der Waals surface area contributed by atoms with Crippen LogP contribution in [-0.4, -0.2) is 50.7 Å². The number of amides is 1. The topological polar surface area (TPSA) is 112 Å². The number of benzene rings is 2. The lowest BCUT2D eigenvalue weighted by atomic mass is 9.98. The minimum atomic E-state index is -2.96. The second-order valence-corrected chi connectivity index (χ2v) is 9.33. The molecule has 10 heteroatoms. The van der Waals surface area contributed by atoms with Gasteiger partial charge >= 0.3 is 6.61 Å². The third-order valence-electron chi connectivity index (χ3n) is 5.00. The van der Waals surface area contributed by atoms with Gasteiger partial charge in [0.2, 0.25) is 0 Å². The van der Waals surface area contributed by atoms with Gasteiger partial charge in [0.1, 0.15) is 5.75 Å². The van der Waals surface area contributed by atoms with E-state index in [-0.39, 0.29) is 22.9 Å². The predicted octanol–water partition coefficient (Wildman–Crippen LogP) is 3.42. The van der Waals surface area contributed by atoms with Crippen molar-refractivity contribution in [3.8, 4) is 5.75 Å². The molecule has 172 valence electrons. The van der Waals surface area contributed by atoms with Crippen molar-refractivity contribution in [2.24, 2.45) is 0 Å². The van der Waals surface area contributed by atoms with E-state index < -0.39 is 29.1 Å². The van der Waals surface area contributed by atoms with Crippen LogP contribution in [0.2, 0.25) is 0 Å². The van der Waals surface area contributed by atoms with E-state index in [9.17, 15) is 22.9 Å². The van der Waals surface area contributed by atoms with E-state index in [2.05, 4.69) is 15.4 Å². The number of aliphatic hydroxyl groups excluding tert-OH is 1. The fourth-order valence-corrected chi connectivity index (χ4v) is 4.87. The molecule has 1 aliphatic rings. The van der Waals surface area contributed by atoms with Gasteiger partial charge in [0.05, 0.1) is 17.4 Å². The summed E-state index contributed by atoms with van der Waals surface area (Å²) < 4.78 is 40.9. The molecule has 1 saturated heterocycles. The van der Waals surface area contributed by atoms with E-state index in [0.717, 1.165) is 0 Å². The van der Waals surface area contributed by atoms with E-state index in [0.29, 0.717) is 34.9 Å².